The molecule has 1 aromatic rings. The number of anilines is 1. The maximum Gasteiger partial charge on any atom is 0.337 e. The van der Waals surface area contributed by atoms with Crippen molar-refractivity contribution in [2.24, 2.45) is 0 Å². The van der Waals surface area contributed by atoms with Gasteiger partial charge in [-0.3, -0.25) is 0 Å². The molecule has 1 heterocycles. The molecule has 4 nitrogen and oxygen atoms in total. The molecular weight excluding hydrogens is 254 g/mol. The highest BCUT2D eigenvalue weighted by atomic mass is 16.6. The molecule has 0 aliphatic carbocycles. The van der Waals surface area contributed by atoms with E-state index in [1.807, 2.05) is 6.92 Å². The van der Waals surface area contributed by atoms with E-state index in [1.165, 1.54) is 5.56 Å². The van der Waals surface area contributed by atoms with Crippen molar-refractivity contribution in [2.75, 3.05) is 31.2 Å². The molecule has 1 aromatic carbocycles. The molecule has 0 amide bonds. The number of ether oxygens (including phenoxy) is 2. The maximum absolute atomic E-state index is 11.9. The summed E-state index contributed by atoms with van der Waals surface area (Å²) in [6.07, 6.45) is 1.38. The Labute approximate surface area is 120 Å². The topological polar surface area (TPSA) is 38.8 Å². The minimum absolute atomic E-state index is 0.247. The number of aryl methyl sites for hydroxylation is 1. The molecule has 1 unspecified atom stereocenters. The fourth-order valence-electron chi connectivity index (χ4n) is 2.30. The van der Waals surface area contributed by atoms with Crippen LogP contribution in [0.5, 0.6) is 0 Å². The van der Waals surface area contributed by atoms with E-state index in [4.69, 9.17) is 9.47 Å². The summed E-state index contributed by atoms with van der Waals surface area (Å²) in [7, 11) is 0. The predicted octanol–water partition coefficient (Wildman–Crippen LogP) is 2.41. The minimum atomic E-state index is -0.472. The number of benzene rings is 1. The van der Waals surface area contributed by atoms with E-state index >= 15 is 0 Å². The van der Waals surface area contributed by atoms with Crippen LogP contribution in [-0.4, -0.2) is 38.4 Å². The van der Waals surface area contributed by atoms with Gasteiger partial charge in [-0.2, -0.15) is 0 Å². The third kappa shape index (κ3) is 3.73. The van der Waals surface area contributed by atoms with Crippen molar-refractivity contribution < 1.29 is 14.3 Å². The second kappa shape index (κ2) is 7.29. The monoisotopic (exact) mass is 277 g/mol. The Kier molecular flexibility index (Phi) is 5.41. The van der Waals surface area contributed by atoms with Gasteiger partial charge in [0.25, 0.3) is 0 Å². The van der Waals surface area contributed by atoms with Crippen LogP contribution in [0.1, 0.15) is 25.8 Å². The molecule has 0 N–H and O–H groups in total. The van der Waals surface area contributed by atoms with Crippen LogP contribution in [0.25, 0.3) is 0 Å². The fraction of sp³-hybridized carbons (Fsp3) is 0.562. The van der Waals surface area contributed by atoms with Crippen molar-refractivity contribution in [1.82, 2.24) is 0 Å². The van der Waals surface area contributed by atoms with Gasteiger partial charge >= 0.3 is 5.97 Å². The highest BCUT2D eigenvalue weighted by Crippen LogP contribution is 2.20. The van der Waals surface area contributed by atoms with Crippen molar-refractivity contribution in [3.8, 4) is 0 Å². The summed E-state index contributed by atoms with van der Waals surface area (Å²) < 4.78 is 10.7. The number of carbonyl (C=O) groups is 1. The van der Waals surface area contributed by atoms with Crippen LogP contribution in [-0.2, 0) is 20.7 Å². The van der Waals surface area contributed by atoms with Gasteiger partial charge in [0.05, 0.1) is 19.8 Å². The number of hydrogen-bond acceptors (Lipinski definition) is 4. The first-order valence-electron chi connectivity index (χ1n) is 7.36. The molecule has 0 aromatic heterocycles. The van der Waals surface area contributed by atoms with Crippen molar-refractivity contribution in [3.63, 3.8) is 0 Å². The smallest absolute Gasteiger partial charge is 0.337 e. The van der Waals surface area contributed by atoms with E-state index in [2.05, 4.69) is 36.1 Å². The molecule has 1 aliphatic heterocycles. The molecule has 1 aliphatic rings. The first-order chi connectivity index (χ1) is 9.74. The van der Waals surface area contributed by atoms with Gasteiger partial charge in [0.15, 0.2) is 6.10 Å². The third-order valence-electron chi connectivity index (χ3n) is 3.46. The van der Waals surface area contributed by atoms with E-state index in [0.717, 1.165) is 25.1 Å². The van der Waals surface area contributed by atoms with Gasteiger partial charge in [-0.1, -0.05) is 26.0 Å². The minimum Gasteiger partial charge on any atom is -0.464 e. The summed E-state index contributed by atoms with van der Waals surface area (Å²) in [5.74, 6) is -0.247. The largest absolute Gasteiger partial charge is 0.464 e. The molecule has 1 fully saturated rings. The lowest BCUT2D eigenvalue weighted by atomic mass is 10.1. The molecule has 0 radical (unpaired) electrons. The summed E-state index contributed by atoms with van der Waals surface area (Å²) in [6.45, 7) is 6.52. The van der Waals surface area contributed by atoms with E-state index < -0.39 is 6.10 Å². The molecule has 1 saturated heterocycles. The van der Waals surface area contributed by atoms with Gasteiger partial charge in [0, 0.05) is 12.2 Å². The number of carbonyl (C=O) groups excluding carboxylic acids is 1. The average molecular weight is 277 g/mol. The first-order valence-corrected chi connectivity index (χ1v) is 7.36. The number of rotatable bonds is 5. The number of esters is 1. The molecule has 2 rings (SSSR count). The van der Waals surface area contributed by atoms with Crippen molar-refractivity contribution in [2.45, 2.75) is 32.8 Å². The molecular formula is C16H23NO3. The maximum atomic E-state index is 11.9. The molecule has 20 heavy (non-hydrogen) atoms. The summed E-state index contributed by atoms with van der Waals surface area (Å²) in [4.78, 5) is 14.1. The average Bonchev–Trinajstić information content (AvgIpc) is 2.52. The number of morpholine rings is 1. The van der Waals surface area contributed by atoms with Crippen molar-refractivity contribution in [3.05, 3.63) is 29.8 Å². The van der Waals surface area contributed by atoms with Crippen LogP contribution in [0.4, 0.5) is 5.69 Å². The lowest BCUT2D eigenvalue weighted by Gasteiger charge is -2.33. The number of nitrogens with zero attached hydrogens (tertiary/aromatic N) is 1. The Morgan fingerprint density at radius 1 is 1.45 bits per heavy atom. The van der Waals surface area contributed by atoms with Crippen LogP contribution in [0.3, 0.4) is 0 Å². The van der Waals surface area contributed by atoms with Crippen molar-refractivity contribution in [1.29, 1.82) is 0 Å². The van der Waals surface area contributed by atoms with Crippen LogP contribution in [0.2, 0.25) is 0 Å². The Hall–Kier alpha value is -1.55. The van der Waals surface area contributed by atoms with Gasteiger partial charge in [-0.05, 0) is 30.5 Å². The Morgan fingerprint density at radius 2 is 2.30 bits per heavy atom. The molecule has 0 saturated carbocycles. The summed E-state index contributed by atoms with van der Waals surface area (Å²) >= 11 is 0. The second-order valence-electron chi connectivity index (χ2n) is 5.00. The SMILES string of the molecule is CCCOC(=O)C1CN(c2cccc(CC)c2)CCO1. The van der Waals surface area contributed by atoms with Gasteiger partial charge < -0.3 is 14.4 Å². The highest BCUT2D eigenvalue weighted by Gasteiger charge is 2.28. The van der Waals surface area contributed by atoms with Crippen LogP contribution in [0.15, 0.2) is 24.3 Å². The predicted molar refractivity (Wildman–Crippen MR) is 79.0 cm³/mol. The lowest BCUT2D eigenvalue weighted by Crippen LogP contribution is -2.46. The van der Waals surface area contributed by atoms with E-state index in [0.29, 0.717) is 19.8 Å². The standard InChI is InChI=1S/C16H23NO3/c1-3-9-20-16(18)15-12-17(8-10-19-15)14-7-5-6-13(4-2)11-14/h5-7,11,15H,3-4,8-10,12H2,1-2H3. The first kappa shape index (κ1) is 14.9. The van der Waals surface area contributed by atoms with Crippen LogP contribution < -0.4 is 4.90 Å². The highest BCUT2D eigenvalue weighted by molar-refractivity contribution is 5.76. The van der Waals surface area contributed by atoms with E-state index in [-0.39, 0.29) is 5.97 Å². The Bertz CT molecular complexity index is 447. The lowest BCUT2D eigenvalue weighted by molar-refractivity contribution is -0.157. The van der Waals surface area contributed by atoms with Gasteiger partial charge in [0.1, 0.15) is 0 Å². The zero-order valence-corrected chi connectivity index (χ0v) is 12.3. The molecule has 4 heteroatoms. The zero-order chi connectivity index (χ0) is 14.4. The van der Waals surface area contributed by atoms with E-state index in [1.54, 1.807) is 0 Å². The van der Waals surface area contributed by atoms with E-state index in [9.17, 15) is 4.79 Å². The number of hydrogen-bond donors (Lipinski definition) is 0. The normalized spacial score (nSPS) is 18.9. The van der Waals surface area contributed by atoms with Crippen LogP contribution >= 0.6 is 0 Å². The Morgan fingerprint density at radius 3 is 3.05 bits per heavy atom. The van der Waals surface area contributed by atoms with Crippen molar-refractivity contribution >= 4 is 11.7 Å². The quantitative estimate of drug-likeness (QED) is 0.775. The third-order valence-corrected chi connectivity index (χ3v) is 3.46. The van der Waals surface area contributed by atoms with Crippen LogP contribution in [0, 0.1) is 0 Å². The van der Waals surface area contributed by atoms with Gasteiger partial charge in [-0.15, -0.1) is 0 Å². The molecule has 0 spiro atoms. The fourth-order valence-corrected chi connectivity index (χ4v) is 2.30. The van der Waals surface area contributed by atoms with Gasteiger partial charge in [0.2, 0.25) is 0 Å². The molecule has 0 bridgehead atoms. The van der Waals surface area contributed by atoms with Gasteiger partial charge in [-0.25, -0.2) is 4.79 Å². The summed E-state index contributed by atoms with van der Waals surface area (Å²) in [5.41, 5.74) is 2.46. The summed E-state index contributed by atoms with van der Waals surface area (Å²) in [5, 5.41) is 0. The second-order valence-corrected chi connectivity index (χ2v) is 5.00. The zero-order valence-electron chi connectivity index (χ0n) is 12.3. The molecule has 110 valence electrons. The Balaban J connectivity index is 2.00. The molecule has 1 atom stereocenters. The summed E-state index contributed by atoms with van der Waals surface area (Å²) in [6, 6.07) is 8.45.